The van der Waals surface area contributed by atoms with Gasteiger partial charge in [0.05, 0.1) is 19.4 Å². The molecule has 1 aliphatic heterocycles. The Morgan fingerprint density at radius 2 is 2.10 bits per heavy atom. The van der Waals surface area contributed by atoms with Crippen molar-refractivity contribution in [1.29, 1.82) is 0 Å². The van der Waals surface area contributed by atoms with Gasteiger partial charge in [-0.25, -0.2) is 4.39 Å². The number of hydrogen-bond donors (Lipinski definition) is 2. The Kier molecular flexibility index (Phi) is 5.03. The summed E-state index contributed by atoms with van der Waals surface area (Å²) in [7, 11) is 0. The van der Waals surface area contributed by atoms with Crippen molar-refractivity contribution in [2.75, 3.05) is 26.3 Å². The number of rotatable bonds is 4. The van der Waals surface area contributed by atoms with Gasteiger partial charge in [-0.2, -0.15) is 5.10 Å². The molecule has 0 radical (unpaired) electrons. The van der Waals surface area contributed by atoms with Gasteiger partial charge in [0.2, 0.25) is 5.96 Å². The van der Waals surface area contributed by atoms with Gasteiger partial charge in [-0.1, -0.05) is 12.1 Å². The summed E-state index contributed by atoms with van der Waals surface area (Å²) in [4.78, 5) is 2.16. The summed E-state index contributed by atoms with van der Waals surface area (Å²) in [5.41, 5.74) is 11.5. The molecule has 1 aromatic carbocycles. The highest BCUT2D eigenvalue weighted by molar-refractivity contribution is 5.81. The molecular formula is C13H18FN5O. The van der Waals surface area contributed by atoms with Gasteiger partial charge in [0.1, 0.15) is 5.82 Å². The van der Waals surface area contributed by atoms with E-state index in [1.54, 1.807) is 12.1 Å². The SMILES string of the molecule is NC(N)=NN=Cc1ccc(CN2CCOCC2)c(F)c1. The second kappa shape index (κ2) is 6.97. The first-order chi connectivity index (χ1) is 9.65. The molecule has 108 valence electrons. The molecule has 1 heterocycles. The summed E-state index contributed by atoms with van der Waals surface area (Å²) in [6.07, 6.45) is 1.40. The van der Waals surface area contributed by atoms with E-state index in [1.165, 1.54) is 12.3 Å². The van der Waals surface area contributed by atoms with E-state index in [0.29, 0.717) is 30.9 Å². The van der Waals surface area contributed by atoms with Gasteiger partial charge in [-0.15, -0.1) is 5.10 Å². The number of ether oxygens (including phenoxy) is 1. The molecule has 4 N–H and O–H groups in total. The largest absolute Gasteiger partial charge is 0.379 e. The molecule has 0 spiro atoms. The molecule has 1 saturated heterocycles. The number of morpholine rings is 1. The van der Waals surface area contributed by atoms with E-state index >= 15 is 0 Å². The van der Waals surface area contributed by atoms with Crippen molar-refractivity contribution < 1.29 is 9.13 Å². The molecule has 1 aliphatic rings. The van der Waals surface area contributed by atoms with Crippen LogP contribution in [0.15, 0.2) is 28.4 Å². The van der Waals surface area contributed by atoms with Crippen LogP contribution in [0.4, 0.5) is 4.39 Å². The smallest absolute Gasteiger partial charge is 0.211 e. The number of guanidine groups is 1. The Morgan fingerprint density at radius 1 is 1.35 bits per heavy atom. The summed E-state index contributed by atoms with van der Waals surface area (Å²) < 4.78 is 19.3. The van der Waals surface area contributed by atoms with Crippen LogP contribution in [-0.2, 0) is 11.3 Å². The second-order valence-corrected chi connectivity index (χ2v) is 4.51. The lowest BCUT2D eigenvalue weighted by Crippen LogP contribution is -2.35. The van der Waals surface area contributed by atoms with Crippen LogP contribution in [-0.4, -0.2) is 43.4 Å². The first-order valence-electron chi connectivity index (χ1n) is 6.35. The van der Waals surface area contributed by atoms with Gasteiger partial charge in [-0.05, 0) is 11.6 Å². The van der Waals surface area contributed by atoms with Crippen molar-refractivity contribution in [1.82, 2.24) is 4.90 Å². The molecule has 6 nitrogen and oxygen atoms in total. The Hall–Kier alpha value is -1.99. The number of halogens is 1. The van der Waals surface area contributed by atoms with Crippen molar-refractivity contribution in [3.8, 4) is 0 Å². The van der Waals surface area contributed by atoms with Crippen LogP contribution in [0.1, 0.15) is 11.1 Å². The zero-order chi connectivity index (χ0) is 14.4. The molecule has 20 heavy (non-hydrogen) atoms. The highest BCUT2D eigenvalue weighted by Crippen LogP contribution is 2.13. The van der Waals surface area contributed by atoms with Crippen molar-refractivity contribution in [3.05, 3.63) is 35.1 Å². The van der Waals surface area contributed by atoms with Crippen molar-refractivity contribution in [3.63, 3.8) is 0 Å². The first-order valence-corrected chi connectivity index (χ1v) is 6.35. The summed E-state index contributed by atoms with van der Waals surface area (Å²) in [6.45, 7) is 3.64. The van der Waals surface area contributed by atoms with Crippen molar-refractivity contribution in [2.45, 2.75) is 6.54 Å². The van der Waals surface area contributed by atoms with Crippen LogP contribution < -0.4 is 11.5 Å². The lowest BCUT2D eigenvalue weighted by Gasteiger charge is -2.26. The molecule has 0 aromatic heterocycles. The maximum absolute atomic E-state index is 14.0. The van der Waals surface area contributed by atoms with E-state index in [4.69, 9.17) is 16.2 Å². The molecule has 2 rings (SSSR count). The Bertz CT molecular complexity index is 507. The second-order valence-electron chi connectivity index (χ2n) is 4.51. The molecule has 0 bridgehead atoms. The topological polar surface area (TPSA) is 89.2 Å². The molecule has 0 atom stereocenters. The summed E-state index contributed by atoms with van der Waals surface area (Å²) in [6, 6.07) is 4.95. The maximum Gasteiger partial charge on any atom is 0.211 e. The lowest BCUT2D eigenvalue weighted by molar-refractivity contribution is 0.0337. The molecule has 0 unspecified atom stereocenters. The van der Waals surface area contributed by atoms with Gasteiger partial charge in [-0.3, -0.25) is 4.90 Å². The predicted molar refractivity (Wildman–Crippen MR) is 75.9 cm³/mol. The van der Waals surface area contributed by atoms with Crippen molar-refractivity contribution >= 4 is 12.2 Å². The molecule has 0 saturated carbocycles. The van der Waals surface area contributed by atoms with Gasteiger partial charge < -0.3 is 16.2 Å². The number of hydrogen-bond acceptors (Lipinski definition) is 4. The molecule has 1 aromatic rings. The van der Waals surface area contributed by atoms with E-state index in [9.17, 15) is 4.39 Å². The molecule has 0 aliphatic carbocycles. The Labute approximate surface area is 116 Å². The van der Waals surface area contributed by atoms with Gasteiger partial charge in [0.15, 0.2) is 0 Å². The van der Waals surface area contributed by atoms with Crippen molar-refractivity contribution in [2.24, 2.45) is 21.7 Å². The average Bonchev–Trinajstić information content (AvgIpc) is 2.42. The normalized spacial score (nSPS) is 16.4. The molecule has 1 fully saturated rings. The van der Waals surface area contributed by atoms with E-state index in [2.05, 4.69) is 15.1 Å². The standard InChI is InChI=1S/C13H18FN5O/c14-12-7-10(8-17-18-13(15)16)1-2-11(12)9-19-3-5-20-6-4-19/h1-2,7-8H,3-6,9H2,(H4,15,16,18). The van der Waals surface area contributed by atoms with E-state index in [-0.39, 0.29) is 11.8 Å². The fourth-order valence-electron chi connectivity index (χ4n) is 1.93. The summed E-state index contributed by atoms with van der Waals surface area (Å²) in [5.74, 6) is -0.393. The van der Waals surface area contributed by atoms with Crippen LogP contribution in [0.2, 0.25) is 0 Å². The third-order valence-electron chi connectivity index (χ3n) is 2.95. The lowest BCUT2D eigenvalue weighted by atomic mass is 10.1. The number of benzene rings is 1. The third kappa shape index (κ3) is 4.29. The Morgan fingerprint density at radius 3 is 2.75 bits per heavy atom. The molecule has 7 heteroatoms. The minimum Gasteiger partial charge on any atom is -0.379 e. The number of nitrogens with zero attached hydrogens (tertiary/aromatic N) is 3. The zero-order valence-electron chi connectivity index (χ0n) is 11.1. The summed E-state index contributed by atoms with van der Waals surface area (Å²) >= 11 is 0. The monoisotopic (exact) mass is 279 g/mol. The van der Waals surface area contributed by atoms with Crippen LogP contribution in [0.5, 0.6) is 0 Å². The highest BCUT2D eigenvalue weighted by Gasteiger charge is 2.12. The predicted octanol–water partition coefficient (Wildman–Crippen LogP) is 0.265. The van der Waals surface area contributed by atoms with E-state index < -0.39 is 0 Å². The fraction of sp³-hybridized carbons (Fsp3) is 0.385. The van der Waals surface area contributed by atoms with Crippen LogP contribution in [0.25, 0.3) is 0 Å². The van der Waals surface area contributed by atoms with Gasteiger partial charge in [0.25, 0.3) is 0 Å². The first kappa shape index (κ1) is 14.4. The van der Waals surface area contributed by atoms with Gasteiger partial charge in [0, 0.05) is 25.2 Å². The highest BCUT2D eigenvalue weighted by atomic mass is 19.1. The van der Waals surface area contributed by atoms with E-state index in [1.807, 2.05) is 0 Å². The quantitative estimate of drug-likeness (QED) is 0.470. The maximum atomic E-state index is 14.0. The van der Waals surface area contributed by atoms with Gasteiger partial charge >= 0.3 is 0 Å². The summed E-state index contributed by atoms with van der Waals surface area (Å²) in [5, 5.41) is 7.11. The fourth-order valence-corrected chi connectivity index (χ4v) is 1.93. The average molecular weight is 279 g/mol. The molecular weight excluding hydrogens is 261 g/mol. The molecule has 0 amide bonds. The Balaban J connectivity index is 2.01. The van der Waals surface area contributed by atoms with Crippen LogP contribution >= 0.6 is 0 Å². The minimum atomic E-state index is -0.259. The third-order valence-corrected chi connectivity index (χ3v) is 2.95. The van der Waals surface area contributed by atoms with Crippen LogP contribution in [0, 0.1) is 5.82 Å². The van der Waals surface area contributed by atoms with E-state index in [0.717, 1.165) is 13.1 Å². The zero-order valence-corrected chi connectivity index (χ0v) is 11.1. The minimum absolute atomic E-state index is 0.134. The number of nitrogens with two attached hydrogens (primary N) is 2. The van der Waals surface area contributed by atoms with Crippen LogP contribution in [0.3, 0.4) is 0 Å².